The van der Waals surface area contributed by atoms with Crippen LogP contribution >= 0.6 is 11.3 Å². The Bertz CT molecular complexity index is 762. The molecule has 0 unspecified atom stereocenters. The summed E-state index contributed by atoms with van der Waals surface area (Å²) in [6.45, 7) is 0. The first-order chi connectivity index (χ1) is 9.17. The van der Waals surface area contributed by atoms with Gasteiger partial charge in [-0.25, -0.2) is 0 Å². The van der Waals surface area contributed by atoms with Crippen molar-refractivity contribution in [3.05, 3.63) is 52.2 Å². The summed E-state index contributed by atoms with van der Waals surface area (Å²) in [7, 11) is -3.58. The molecule has 3 rings (SSSR count). The van der Waals surface area contributed by atoms with Crippen molar-refractivity contribution in [3.8, 4) is 0 Å². The fraction of sp³-hybridized carbons (Fsp3) is 0. The molecule has 0 spiro atoms. The second-order valence-corrected chi connectivity index (χ2v) is 6.35. The molecule has 0 radical (unpaired) electrons. The van der Waals surface area contributed by atoms with Crippen LogP contribution in [0.15, 0.2) is 56.2 Å². The average Bonchev–Trinajstić information content (AvgIpc) is 2.98. The minimum Gasteiger partial charge on any atom is -0.260 e. The van der Waals surface area contributed by atoms with Crippen LogP contribution in [0.4, 0.5) is 0 Å². The number of benzene rings is 1. The van der Waals surface area contributed by atoms with E-state index in [0.717, 1.165) is 4.88 Å². The van der Waals surface area contributed by atoms with Gasteiger partial charge in [-0.15, -0.1) is 15.7 Å². The molecule has 1 aromatic heterocycles. The highest BCUT2D eigenvalue weighted by Crippen LogP contribution is 2.24. The van der Waals surface area contributed by atoms with Gasteiger partial charge in [0.1, 0.15) is 4.90 Å². The Labute approximate surface area is 114 Å². The lowest BCUT2D eigenvalue weighted by Crippen LogP contribution is -2.17. The number of hydrogen-bond acceptors (Lipinski definition) is 5. The third-order valence-corrected chi connectivity index (χ3v) is 4.68. The molecule has 1 aliphatic heterocycles. The van der Waals surface area contributed by atoms with Gasteiger partial charge in [0.25, 0.3) is 10.0 Å². The van der Waals surface area contributed by atoms with E-state index in [1.807, 2.05) is 17.5 Å². The van der Waals surface area contributed by atoms with E-state index < -0.39 is 10.0 Å². The highest BCUT2D eigenvalue weighted by molar-refractivity contribution is 7.90. The monoisotopic (exact) mass is 291 g/mol. The van der Waals surface area contributed by atoms with Gasteiger partial charge in [-0.1, -0.05) is 18.2 Å². The molecule has 1 aromatic carbocycles. The highest BCUT2D eigenvalue weighted by atomic mass is 32.2. The summed E-state index contributed by atoms with van der Waals surface area (Å²) in [5, 5.41) is 5.94. The van der Waals surface area contributed by atoms with Crippen LogP contribution in [-0.2, 0) is 10.0 Å². The topological polar surface area (TPSA) is 70.9 Å². The molecule has 0 bridgehead atoms. The lowest BCUT2D eigenvalue weighted by atomic mass is 10.2. The van der Waals surface area contributed by atoms with E-state index >= 15 is 0 Å². The van der Waals surface area contributed by atoms with Crippen LogP contribution in [-0.4, -0.2) is 20.5 Å². The Morgan fingerprint density at radius 1 is 1.21 bits per heavy atom. The molecule has 0 amide bonds. The van der Waals surface area contributed by atoms with Crippen LogP contribution in [0.3, 0.4) is 0 Å². The molecule has 5 nitrogen and oxygen atoms in total. The van der Waals surface area contributed by atoms with Gasteiger partial charge in [0.15, 0.2) is 5.84 Å². The standard InChI is InChI=1S/C12H9N3O2S2/c16-19(17)11-6-2-1-5-10(11)12(15-19)14-13-8-9-4-3-7-18-9/h1-8H,(H,14,15)/b13-8-. The van der Waals surface area contributed by atoms with Gasteiger partial charge >= 0.3 is 0 Å². The van der Waals surface area contributed by atoms with Crippen LogP contribution in [0.2, 0.25) is 0 Å². The number of thiophene rings is 1. The molecular formula is C12H9N3O2S2. The molecule has 0 fully saturated rings. The number of fused-ring (bicyclic) bond motifs is 1. The van der Waals surface area contributed by atoms with E-state index in [4.69, 9.17) is 0 Å². The molecular weight excluding hydrogens is 282 g/mol. The minimum absolute atomic E-state index is 0.212. The fourth-order valence-electron chi connectivity index (χ4n) is 1.71. The van der Waals surface area contributed by atoms with Crippen molar-refractivity contribution in [2.75, 3.05) is 0 Å². The van der Waals surface area contributed by atoms with Gasteiger partial charge in [-0.2, -0.15) is 13.5 Å². The second-order valence-electron chi connectivity index (χ2n) is 3.80. The Hall–Kier alpha value is -1.99. The number of nitrogens with one attached hydrogen (secondary N) is 1. The minimum atomic E-state index is -3.58. The van der Waals surface area contributed by atoms with Gasteiger partial charge < -0.3 is 0 Å². The van der Waals surface area contributed by atoms with E-state index in [1.165, 1.54) is 6.07 Å². The first-order valence-electron chi connectivity index (χ1n) is 5.44. The van der Waals surface area contributed by atoms with E-state index in [-0.39, 0.29) is 10.7 Å². The van der Waals surface area contributed by atoms with Crippen LogP contribution in [0.25, 0.3) is 0 Å². The summed E-state index contributed by atoms with van der Waals surface area (Å²) in [4.78, 5) is 1.19. The lowest BCUT2D eigenvalue weighted by molar-refractivity contribution is 0.599. The Balaban J connectivity index is 1.87. The number of hydrogen-bond donors (Lipinski definition) is 1. The number of sulfonamides is 1. The lowest BCUT2D eigenvalue weighted by Gasteiger charge is -1.99. The maximum atomic E-state index is 11.8. The molecule has 19 heavy (non-hydrogen) atoms. The molecule has 96 valence electrons. The molecule has 0 atom stereocenters. The summed E-state index contributed by atoms with van der Waals surface area (Å²) in [5.74, 6) is 0.253. The summed E-state index contributed by atoms with van der Waals surface area (Å²) < 4.78 is 27.2. The third-order valence-electron chi connectivity index (χ3n) is 2.54. The molecule has 2 aromatic rings. The van der Waals surface area contributed by atoms with Gasteiger partial charge in [-0.05, 0) is 23.6 Å². The van der Waals surface area contributed by atoms with Crippen molar-refractivity contribution < 1.29 is 8.42 Å². The predicted octanol–water partition coefficient (Wildman–Crippen LogP) is 1.82. The van der Waals surface area contributed by atoms with Crippen LogP contribution < -0.4 is 5.43 Å². The molecule has 1 aliphatic rings. The Kier molecular flexibility index (Phi) is 2.92. The summed E-state index contributed by atoms with van der Waals surface area (Å²) in [5.41, 5.74) is 3.23. The summed E-state index contributed by atoms with van der Waals surface area (Å²) in [6.07, 6.45) is 1.63. The molecule has 7 heteroatoms. The van der Waals surface area contributed by atoms with E-state index in [0.29, 0.717) is 5.56 Å². The number of hydrazone groups is 1. The van der Waals surface area contributed by atoms with Crippen LogP contribution in [0.1, 0.15) is 10.4 Å². The van der Waals surface area contributed by atoms with Gasteiger partial charge in [0, 0.05) is 10.4 Å². The zero-order chi connectivity index (χ0) is 13.3. The van der Waals surface area contributed by atoms with Crippen molar-refractivity contribution in [2.45, 2.75) is 4.90 Å². The Morgan fingerprint density at radius 3 is 2.84 bits per heavy atom. The van der Waals surface area contributed by atoms with Crippen LogP contribution in [0, 0.1) is 0 Å². The zero-order valence-electron chi connectivity index (χ0n) is 9.65. The van der Waals surface area contributed by atoms with Crippen LogP contribution in [0.5, 0.6) is 0 Å². The summed E-state index contributed by atoms with van der Waals surface area (Å²) in [6, 6.07) is 10.5. The first-order valence-corrected chi connectivity index (χ1v) is 7.76. The van der Waals surface area contributed by atoms with Gasteiger partial charge in [0.2, 0.25) is 0 Å². The molecule has 0 saturated heterocycles. The van der Waals surface area contributed by atoms with E-state index in [2.05, 4.69) is 14.9 Å². The van der Waals surface area contributed by atoms with Crippen molar-refractivity contribution in [1.82, 2.24) is 5.43 Å². The molecule has 2 heterocycles. The maximum absolute atomic E-state index is 11.8. The van der Waals surface area contributed by atoms with Crippen molar-refractivity contribution in [2.24, 2.45) is 9.50 Å². The van der Waals surface area contributed by atoms with E-state index in [1.54, 1.807) is 35.8 Å². The average molecular weight is 291 g/mol. The predicted molar refractivity (Wildman–Crippen MR) is 75.2 cm³/mol. The zero-order valence-corrected chi connectivity index (χ0v) is 11.3. The highest BCUT2D eigenvalue weighted by Gasteiger charge is 2.27. The molecule has 0 aliphatic carbocycles. The number of amidine groups is 1. The van der Waals surface area contributed by atoms with Crippen molar-refractivity contribution >= 4 is 33.4 Å². The fourth-order valence-corrected chi connectivity index (χ4v) is 3.46. The normalized spacial score (nSPS) is 16.3. The third kappa shape index (κ3) is 2.29. The second kappa shape index (κ2) is 4.60. The largest absolute Gasteiger partial charge is 0.285 e. The first kappa shape index (κ1) is 12.1. The smallest absolute Gasteiger partial charge is 0.260 e. The van der Waals surface area contributed by atoms with E-state index in [9.17, 15) is 8.42 Å². The SMILES string of the molecule is O=S1(=O)N=C(N/N=C\c2cccs2)c2ccccc21. The van der Waals surface area contributed by atoms with Crippen molar-refractivity contribution in [3.63, 3.8) is 0 Å². The van der Waals surface area contributed by atoms with Gasteiger partial charge in [0.05, 0.1) is 6.21 Å². The van der Waals surface area contributed by atoms with Crippen molar-refractivity contribution in [1.29, 1.82) is 0 Å². The molecule has 0 saturated carbocycles. The quantitative estimate of drug-likeness (QED) is 0.677. The number of nitrogens with zero attached hydrogens (tertiary/aromatic N) is 2. The number of rotatable bonds is 2. The maximum Gasteiger partial charge on any atom is 0.285 e. The summed E-state index contributed by atoms with van der Waals surface area (Å²) >= 11 is 1.54. The Morgan fingerprint density at radius 2 is 2.05 bits per heavy atom. The van der Waals surface area contributed by atoms with Gasteiger partial charge in [-0.3, -0.25) is 5.43 Å². The molecule has 1 N–H and O–H groups in total.